The van der Waals surface area contributed by atoms with Crippen molar-refractivity contribution in [1.29, 1.82) is 0 Å². The van der Waals surface area contributed by atoms with Crippen LogP contribution in [0.15, 0.2) is 0 Å². The molecule has 0 radical (unpaired) electrons. The first-order valence-electron chi connectivity index (χ1n) is 5.85. The van der Waals surface area contributed by atoms with Crippen molar-refractivity contribution in [2.45, 2.75) is 31.2 Å². The van der Waals surface area contributed by atoms with E-state index in [-0.39, 0.29) is 18.4 Å². The van der Waals surface area contributed by atoms with Crippen LogP contribution in [0, 0.1) is 0 Å². The van der Waals surface area contributed by atoms with E-state index in [9.17, 15) is 9.59 Å². The van der Waals surface area contributed by atoms with Gasteiger partial charge in [-0.05, 0) is 25.7 Å². The van der Waals surface area contributed by atoms with Gasteiger partial charge in [-0.3, -0.25) is 9.59 Å². The second kappa shape index (κ2) is 4.05. The molecule has 2 aliphatic rings. The van der Waals surface area contributed by atoms with Crippen molar-refractivity contribution < 1.29 is 9.59 Å². The molecule has 1 saturated carbocycles. The van der Waals surface area contributed by atoms with Gasteiger partial charge in [-0.2, -0.15) is 0 Å². The predicted octanol–water partition coefficient (Wildman–Crippen LogP) is -0.441. The van der Waals surface area contributed by atoms with E-state index in [0.717, 1.165) is 32.2 Å². The van der Waals surface area contributed by atoms with E-state index >= 15 is 0 Å². The molecule has 0 spiro atoms. The van der Waals surface area contributed by atoms with E-state index in [0.29, 0.717) is 6.54 Å². The van der Waals surface area contributed by atoms with Crippen LogP contribution >= 0.6 is 0 Å². The van der Waals surface area contributed by atoms with Gasteiger partial charge in [-0.1, -0.05) is 0 Å². The second-order valence-corrected chi connectivity index (χ2v) is 4.91. The van der Waals surface area contributed by atoms with Gasteiger partial charge in [0.1, 0.15) is 0 Å². The quantitative estimate of drug-likeness (QED) is 0.658. The average Bonchev–Trinajstić information content (AvgIpc) is 2.37. The Hall–Kier alpha value is -1.10. The first kappa shape index (κ1) is 11.4. The number of nitrogens with zero attached hydrogens (tertiary/aromatic N) is 2. The highest BCUT2D eigenvalue weighted by atomic mass is 16.2. The van der Waals surface area contributed by atoms with Crippen LogP contribution in [0.3, 0.4) is 0 Å². The van der Waals surface area contributed by atoms with Gasteiger partial charge in [0.05, 0.1) is 12.1 Å². The minimum absolute atomic E-state index is 0.00812. The van der Waals surface area contributed by atoms with Gasteiger partial charge in [0, 0.05) is 20.1 Å². The fourth-order valence-corrected chi connectivity index (χ4v) is 2.25. The zero-order valence-corrected chi connectivity index (χ0v) is 9.74. The van der Waals surface area contributed by atoms with Gasteiger partial charge in [0.25, 0.3) is 0 Å². The molecule has 2 rings (SSSR count). The summed E-state index contributed by atoms with van der Waals surface area (Å²) >= 11 is 0. The minimum Gasteiger partial charge on any atom is -0.344 e. The highest BCUT2D eigenvalue weighted by Gasteiger charge is 2.43. The Labute approximate surface area is 95.6 Å². The highest BCUT2D eigenvalue weighted by molar-refractivity contribution is 5.91. The lowest BCUT2D eigenvalue weighted by Crippen LogP contribution is -2.60. The number of carbonyl (C=O) groups excluding carboxylic acids is 2. The van der Waals surface area contributed by atoms with E-state index in [1.165, 1.54) is 0 Å². The Morgan fingerprint density at radius 3 is 2.56 bits per heavy atom. The molecule has 2 amide bonds. The summed E-state index contributed by atoms with van der Waals surface area (Å²) in [5.41, 5.74) is 5.31. The van der Waals surface area contributed by atoms with Crippen LogP contribution < -0.4 is 5.73 Å². The van der Waals surface area contributed by atoms with Crippen LogP contribution in [0.4, 0.5) is 0 Å². The number of carbonyl (C=O) groups is 2. The molecule has 0 aromatic heterocycles. The van der Waals surface area contributed by atoms with Gasteiger partial charge in [0.2, 0.25) is 11.8 Å². The third kappa shape index (κ3) is 1.91. The van der Waals surface area contributed by atoms with Crippen LogP contribution in [0.25, 0.3) is 0 Å². The van der Waals surface area contributed by atoms with Crippen LogP contribution in [-0.4, -0.2) is 53.8 Å². The van der Waals surface area contributed by atoms with Crippen molar-refractivity contribution >= 4 is 11.8 Å². The first-order chi connectivity index (χ1) is 7.53. The Bertz CT molecular complexity index is 312. The zero-order chi connectivity index (χ0) is 11.8. The van der Waals surface area contributed by atoms with Crippen LogP contribution in [0.5, 0.6) is 0 Å². The molecule has 0 bridgehead atoms. The van der Waals surface area contributed by atoms with Crippen molar-refractivity contribution in [2.75, 3.05) is 26.7 Å². The third-order valence-corrected chi connectivity index (χ3v) is 3.63. The number of amides is 2. The van der Waals surface area contributed by atoms with E-state index in [1.54, 1.807) is 16.8 Å². The Morgan fingerprint density at radius 2 is 2.00 bits per heavy atom. The van der Waals surface area contributed by atoms with Crippen molar-refractivity contribution in [3.05, 3.63) is 0 Å². The van der Waals surface area contributed by atoms with Gasteiger partial charge < -0.3 is 15.5 Å². The molecule has 0 unspecified atom stereocenters. The summed E-state index contributed by atoms with van der Waals surface area (Å²) in [6.07, 6.45) is 3.37. The van der Waals surface area contributed by atoms with E-state index in [1.807, 2.05) is 0 Å². The van der Waals surface area contributed by atoms with Crippen molar-refractivity contribution in [3.63, 3.8) is 0 Å². The number of hydrogen-bond donors (Lipinski definition) is 1. The third-order valence-electron chi connectivity index (χ3n) is 3.63. The second-order valence-electron chi connectivity index (χ2n) is 4.91. The molecule has 0 aromatic rings. The lowest BCUT2D eigenvalue weighted by molar-refractivity contribution is -0.144. The van der Waals surface area contributed by atoms with Crippen LogP contribution in [0.1, 0.15) is 25.7 Å². The number of hydrogen-bond acceptors (Lipinski definition) is 3. The summed E-state index contributed by atoms with van der Waals surface area (Å²) < 4.78 is 0. The fourth-order valence-electron chi connectivity index (χ4n) is 2.25. The van der Waals surface area contributed by atoms with Crippen molar-refractivity contribution in [1.82, 2.24) is 9.80 Å². The SMILES string of the molecule is CN1CCCN(C(=O)C2(N)CCC2)CC1=O. The number of nitrogens with two attached hydrogens (primary N) is 1. The summed E-state index contributed by atoms with van der Waals surface area (Å²) in [5, 5.41) is 0. The summed E-state index contributed by atoms with van der Waals surface area (Å²) in [7, 11) is 1.78. The maximum absolute atomic E-state index is 12.1. The normalized spacial score (nSPS) is 25.0. The van der Waals surface area contributed by atoms with Gasteiger partial charge in [-0.25, -0.2) is 0 Å². The molecule has 2 fully saturated rings. The van der Waals surface area contributed by atoms with Gasteiger partial charge >= 0.3 is 0 Å². The first-order valence-corrected chi connectivity index (χ1v) is 5.85. The van der Waals surface area contributed by atoms with E-state index < -0.39 is 5.54 Å². The Balaban J connectivity index is 2.03. The standard InChI is InChI=1S/C11H19N3O2/c1-13-6-3-7-14(8-9(13)15)10(16)11(12)4-2-5-11/h2-8,12H2,1H3. The molecule has 5 nitrogen and oxygen atoms in total. The molecular weight excluding hydrogens is 206 g/mol. The predicted molar refractivity (Wildman–Crippen MR) is 59.6 cm³/mol. The van der Waals surface area contributed by atoms with Crippen molar-refractivity contribution in [3.8, 4) is 0 Å². The molecule has 0 atom stereocenters. The van der Waals surface area contributed by atoms with Crippen molar-refractivity contribution in [2.24, 2.45) is 5.73 Å². The van der Waals surface area contributed by atoms with Crippen LogP contribution in [0.2, 0.25) is 0 Å². The lowest BCUT2D eigenvalue weighted by atomic mass is 9.76. The molecule has 2 N–H and O–H groups in total. The molecule has 0 aromatic carbocycles. The number of likely N-dealkylation sites (N-methyl/N-ethyl adjacent to an activating group) is 1. The Morgan fingerprint density at radius 1 is 1.31 bits per heavy atom. The molecule has 90 valence electrons. The summed E-state index contributed by atoms with van der Waals surface area (Å²) in [5.74, 6) is -0.0313. The summed E-state index contributed by atoms with van der Waals surface area (Å²) in [4.78, 5) is 27.1. The topological polar surface area (TPSA) is 66.6 Å². The maximum Gasteiger partial charge on any atom is 0.243 e. The highest BCUT2D eigenvalue weighted by Crippen LogP contribution is 2.31. The van der Waals surface area contributed by atoms with Gasteiger partial charge in [0.15, 0.2) is 0 Å². The molecular formula is C11H19N3O2. The molecule has 16 heavy (non-hydrogen) atoms. The largest absolute Gasteiger partial charge is 0.344 e. The molecule has 1 heterocycles. The monoisotopic (exact) mass is 225 g/mol. The van der Waals surface area contributed by atoms with E-state index in [2.05, 4.69) is 0 Å². The summed E-state index contributed by atoms with van der Waals surface area (Å²) in [6, 6.07) is 0. The molecule has 1 aliphatic heterocycles. The average molecular weight is 225 g/mol. The minimum atomic E-state index is -0.677. The fraction of sp³-hybridized carbons (Fsp3) is 0.818. The smallest absolute Gasteiger partial charge is 0.243 e. The lowest BCUT2D eigenvalue weighted by Gasteiger charge is -2.39. The molecule has 5 heteroatoms. The van der Waals surface area contributed by atoms with E-state index in [4.69, 9.17) is 5.73 Å². The van der Waals surface area contributed by atoms with Crippen LogP contribution in [-0.2, 0) is 9.59 Å². The molecule has 1 aliphatic carbocycles. The van der Waals surface area contributed by atoms with Gasteiger partial charge in [-0.15, -0.1) is 0 Å². The Kier molecular flexibility index (Phi) is 2.88. The summed E-state index contributed by atoms with van der Waals surface area (Å²) in [6.45, 7) is 1.56. The molecule has 1 saturated heterocycles. The maximum atomic E-state index is 12.1. The zero-order valence-electron chi connectivity index (χ0n) is 9.74. The number of rotatable bonds is 1.